The SMILES string of the molecule is CC(C)(C)OC(=O)NC(O)C(=O)OCc1ccccc1. The van der Waals surface area contributed by atoms with E-state index in [1.165, 1.54) is 0 Å². The van der Waals surface area contributed by atoms with Crippen LogP contribution in [-0.4, -0.2) is 29.0 Å². The summed E-state index contributed by atoms with van der Waals surface area (Å²) in [5.74, 6) is -0.945. The molecule has 1 atom stereocenters. The summed E-state index contributed by atoms with van der Waals surface area (Å²) in [6, 6.07) is 9.00. The standard InChI is InChI=1S/C14H19NO5/c1-14(2,3)20-13(18)15-11(16)12(17)19-9-10-7-5-4-6-8-10/h4-8,11,16H,9H2,1-3H3,(H,15,18). The van der Waals surface area contributed by atoms with Gasteiger partial charge in [-0.2, -0.15) is 0 Å². The molecule has 1 unspecified atom stereocenters. The minimum absolute atomic E-state index is 0.0206. The summed E-state index contributed by atoms with van der Waals surface area (Å²) in [5.41, 5.74) is 0.0721. The van der Waals surface area contributed by atoms with E-state index in [0.717, 1.165) is 5.56 Å². The number of hydrogen-bond donors (Lipinski definition) is 2. The first-order valence-corrected chi connectivity index (χ1v) is 6.16. The van der Waals surface area contributed by atoms with Crippen molar-refractivity contribution in [1.29, 1.82) is 0 Å². The molecule has 0 aromatic heterocycles. The summed E-state index contributed by atoms with van der Waals surface area (Å²) >= 11 is 0. The zero-order valence-corrected chi connectivity index (χ0v) is 11.8. The van der Waals surface area contributed by atoms with Crippen molar-refractivity contribution in [2.45, 2.75) is 39.2 Å². The van der Waals surface area contributed by atoms with E-state index in [0.29, 0.717) is 0 Å². The lowest BCUT2D eigenvalue weighted by molar-refractivity contribution is -0.156. The van der Waals surface area contributed by atoms with Crippen LogP contribution >= 0.6 is 0 Å². The third-order valence-electron chi connectivity index (χ3n) is 2.10. The van der Waals surface area contributed by atoms with Gasteiger partial charge < -0.3 is 14.6 Å². The molecule has 0 heterocycles. The first-order chi connectivity index (χ1) is 9.28. The summed E-state index contributed by atoms with van der Waals surface area (Å²) in [6.45, 7) is 5.04. The summed E-state index contributed by atoms with van der Waals surface area (Å²) in [5, 5.41) is 11.5. The average Bonchev–Trinajstić information content (AvgIpc) is 2.34. The summed E-state index contributed by atoms with van der Waals surface area (Å²) in [7, 11) is 0. The summed E-state index contributed by atoms with van der Waals surface area (Å²) in [4.78, 5) is 22.8. The van der Waals surface area contributed by atoms with Crippen molar-refractivity contribution in [2.24, 2.45) is 0 Å². The summed E-state index contributed by atoms with van der Waals surface area (Å²) < 4.78 is 9.77. The van der Waals surface area contributed by atoms with Crippen molar-refractivity contribution >= 4 is 12.1 Å². The smallest absolute Gasteiger partial charge is 0.410 e. The normalized spacial score (nSPS) is 12.4. The molecule has 0 radical (unpaired) electrons. The van der Waals surface area contributed by atoms with Gasteiger partial charge in [0.2, 0.25) is 6.23 Å². The predicted octanol–water partition coefficient (Wildman–Crippen LogP) is 1.57. The molecule has 0 aliphatic carbocycles. The van der Waals surface area contributed by atoms with Crippen LogP contribution in [0.15, 0.2) is 30.3 Å². The van der Waals surface area contributed by atoms with Gasteiger partial charge in [0.15, 0.2) is 0 Å². The maximum atomic E-state index is 11.5. The van der Waals surface area contributed by atoms with Crippen LogP contribution in [0.4, 0.5) is 4.79 Å². The topological polar surface area (TPSA) is 84.9 Å². The first kappa shape index (κ1) is 16.0. The fourth-order valence-corrected chi connectivity index (χ4v) is 1.29. The Hall–Kier alpha value is -2.08. The Morgan fingerprint density at radius 3 is 2.40 bits per heavy atom. The van der Waals surface area contributed by atoms with Gasteiger partial charge in [-0.1, -0.05) is 30.3 Å². The third kappa shape index (κ3) is 6.19. The van der Waals surface area contributed by atoms with Crippen LogP contribution in [0.25, 0.3) is 0 Å². The van der Waals surface area contributed by atoms with Gasteiger partial charge in [0.25, 0.3) is 0 Å². The second-order valence-electron chi connectivity index (χ2n) is 5.14. The Morgan fingerprint density at radius 2 is 1.85 bits per heavy atom. The molecule has 0 saturated heterocycles. The highest BCUT2D eigenvalue weighted by atomic mass is 16.6. The van der Waals surface area contributed by atoms with E-state index in [4.69, 9.17) is 9.47 Å². The van der Waals surface area contributed by atoms with Crippen molar-refractivity contribution in [3.63, 3.8) is 0 Å². The van der Waals surface area contributed by atoms with Gasteiger partial charge in [0.05, 0.1) is 0 Å². The van der Waals surface area contributed by atoms with Crippen LogP contribution in [0.2, 0.25) is 0 Å². The number of nitrogens with one attached hydrogen (secondary N) is 1. The van der Waals surface area contributed by atoms with Crippen molar-refractivity contribution < 1.29 is 24.2 Å². The number of ether oxygens (including phenoxy) is 2. The lowest BCUT2D eigenvalue weighted by Crippen LogP contribution is -2.44. The van der Waals surface area contributed by atoms with Gasteiger partial charge in [-0.15, -0.1) is 0 Å². The third-order valence-corrected chi connectivity index (χ3v) is 2.10. The van der Waals surface area contributed by atoms with Gasteiger partial charge in [0, 0.05) is 0 Å². The highest BCUT2D eigenvalue weighted by molar-refractivity contribution is 5.79. The number of rotatable bonds is 4. The molecule has 0 aliphatic rings. The fourth-order valence-electron chi connectivity index (χ4n) is 1.29. The lowest BCUT2D eigenvalue weighted by Gasteiger charge is -2.20. The highest BCUT2D eigenvalue weighted by Crippen LogP contribution is 2.07. The molecule has 6 nitrogen and oxygen atoms in total. The van der Waals surface area contributed by atoms with E-state index in [1.54, 1.807) is 45.0 Å². The molecule has 6 heteroatoms. The summed E-state index contributed by atoms with van der Waals surface area (Å²) in [6.07, 6.45) is -2.64. The highest BCUT2D eigenvalue weighted by Gasteiger charge is 2.23. The molecule has 1 aromatic carbocycles. The van der Waals surface area contributed by atoms with Crippen LogP contribution in [-0.2, 0) is 20.9 Å². The van der Waals surface area contributed by atoms with E-state index in [9.17, 15) is 14.7 Å². The molecule has 0 aliphatic heterocycles. The van der Waals surface area contributed by atoms with Gasteiger partial charge in [-0.05, 0) is 26.3 Å². The Labute approximate surface area is 117 Å². The van der Waals surface area contributed by atoms with E-state index < -0.39 is 23.9 Å². The lowest BCUT2D eigenvalue weighted by atomic mass is 10.2. The molecule has 0 saturated carbocycles. The number of hydrogen-bond acceptors (Lipinski definition) is 5. The number of amides is 1. The number of esters is 1. The number of aliphatic hydroxyl groups excluding tert-OH is 1. The Balaban J connectivity index is 2.38. The molecule has 110 valence electrons. The maximum Gasteiger partial charge on any atom is 0.410 e. The van der Waals surface area contributed by atoms with Crippen molar-refractivity contribution in [3.8, 4) is 0 Å². The number of carbonyl (C=O) groups is 2. The number of benzene rings is 1. The first-order valence-electron chi connectivity index (χ1n) is 6.16. The van der Waals surface area contributed by atoms with Crippen molar-refractivity contribution in [1.82, 2.24) is 5.32 Å². The monoisotopic (exact) mass is 281 g/mol. The minimum atomic E-state index is -1.76. The molecule has 20 heavy (non-hydrogen) atoms. The van der Waals surface area contributed by atoms with Gasteiger partial charge >= 0.3 is 12.1 Å². The molecule has 0 bridgehead atoms. The molecular formula is C14H19NO5. The molecular weight excluding hydrogens is 262 g/mol. The predicted molar refractivity (Wildman–Crippen MR) is 71.6 cm³/mol. The van der Waals surface area contributed by atoms with E-state index in [2.05, 4.69) is 0 Å². The molecule has 0 fully saturated rings. The molecule has 1 aromatic rings. The van der Waals surface area contributed by atoms with Crippen molar-refractivity contribution in [3.05, 3.63) is 35.9 Å². The molecule has 1 rings (SSSR count). The van der Waals surface area contributed by atoms with Gasteiger partial charge in [0.1, 0.15) is 12.2 Å². The van der Waals surface area contributed by atoms with Crippen molar-refractivity contribution in [2.75, 3.05) is 0 Å². The Kier molecular flexibility index (Phi) is 5.52. The number of alkyl carbamates (subject to hydrolysis) is 1. The second-order valence-corrected chi connectivity index (χ2v) is 5.14. The maximum absolute atomic E-state index is 11.5. The van der Waals surface area contributed by atoms with Gasteiger partial charge in [-0.3, -0.25) is 5.32 Å². The van der Waals surface area contributed by atoms with Crippen LogP contribution in [0.5, 0.6) is 0 Å². The zero-order valence-electron chi connectivity index (χ0n) is 11.8. The molecule has 0 spiro atoms. The fraction of sp³-hybridized carbons (Fsp3) is 0.429. The van der Waals surface area contributed by atoms with Crippen LogP contribution < -0.4 is 5.32 Å². The number of aliphatic hydroxyl groups is 1. The molecule has 1 amide bonds. The second kappa shape index (κ2) is 6.91. The minimum Gasteiger partial charge on any atom is -0.457 e. The molecule has 2 N–H and O–H groups in total. The van der Waals surface area contributed by atoms with E-state index in [-0.39, 0.29) is 6.61 Å². The van der Waals surface area contributed by atoms with Crippen LogP contribution in [0.3, 0.4) is 0 Å². The Bertz CT molecular complexity index is 452. The van der Waals surface area contributed by atoms with Gasteiger partial charge in [-0.25, -0.2) is 9.59 Å². The largest absolute Gasteiger partial charge is 0.457 e. The average molecular weight is 281 g/mol. The van der Waals surface area contributed by atoms with Crippen LogP contribution in [0, 0.1) is 0 Å². The van der Waals surface area contributed by atoms with E-state index in [1.807, 2.05) is 11.4 Å². The Morgan fingerprint density at radius 1 is 1.25 bits per heavy atom. The van der Waals surface area contributed by atoms with Crippen LogP contribution in [0.1, 0.15) is 26.3 Å². The quantitative estimate of drug-likeness (QED) is 0.646. The zero-order chi connectivity index (χ0) is 15.2. The number of carbonyl (C=O) groups excluding carboxylic acids is 2. The van der Waals surface area contributed by atoms with E-state index >= 15 is 0 Å².